The number of hydrogen-bond acceptors (Lipinski definition) is 6. The first-order chi connectivity index (χ1) is 7.66. The third kappa shape index (κ3) is 2.42. The number of carboxylic acids is 1. The third-order valence-corrected chi connectivity index (χ3v) is 3.74. The number of hydrogen-bond donors (Lipinski definition) is 1. The average Bonchev–Trinajstić information content (AvgIpc) is 2.83. The Morgan fingerprint density at radius 3 is 3.12 bits per heavy atom. The maximum atomic E-state index is 10.8. The third-order valence-electron chi connectivity index (χ3n) is 1.81. The van der Waals surface area contributed by atoms with Crippen molar-refractivity contribution in [2.75, 3.05) is 0 Å². The van der Waals surface area contributed by atoms with Gasteiger partial charge in [0.05, 0.1) is 12.0 Å². The van der Waals surface area contributed by atoms with Gasteiger partial charge in [0.2, 0.25) is 0 Å². The number of rotatable bonds is 4. The number of furan rings is 1. The fraction of sp³-hybridized carbons (Fsp3) is 0.222. The number of carbonyl (C=O) groups is 1. The van der Waals surface area contributed by atoms with Crippen molar-refractivity contribution in [3.8, 4) is 0 Å². The molecule has 0 bridgehead atoms. The summed E-state index contributed by atoms with van der Waals surface area (Å²) in [5.74, 6) is 0.650. The van der Waals surface area contributed by atoms with Crippen LogP contribution in [0.25, 0.3) is 0 Å². The monoisotopic (exact) mass is 256 g/mol. The molecule has 0 aliphatic heterocycles. The molecule has 0 aliphatic carbocycles. The summed E-state index contributed by atoms with van der Waals surface area (Å²) in [4.78, 5) is 15.0. The van der Waals surface area contributed by atoms with Gasteiger partial charge in [-0.1, -0.05) is 11.8 Å². The van der Waals surface area contributed by atoms with Crippen molar-refractivity contribution in [1.29, 1.82) is 0 Å². The highest BCUT2D eigenvalue weighted by Gasteiger charge is 2.14. The van der Waals surface area contributed by atoms with Crippen LogP contribution in [-0.2, 0) is 5.75 Å². The van der Waals surface area contributed by atoms with E-state index in [-0.39, 0.29) is 5.56 Å². The van der Waals surface area contributed by atoms with Gasteiger partial charge < -0.3 is 9.52 Å². The molecule has 2 aromatic heterocycles. The van der Waals surface area contributed by atoms with Gasteiger partial charge in [0.1, 0.15) is 17.1 Å². The van der Waals surface area contributed by atoms with Crippen LogP contribution in [0.2, 0.25) is 0 Å². The molecule has 0 aliphatic rings. The van der Waals surface area contributed by atoms with Crippen molar-refractivity contribution in [2.24, 2.45) is 0 Å². The standard InChI is InChI=1S/C9H8N2O3S2/c1-5-10-9(16-11-5)15-4-7-6(8(12)13)2-3-14-7/h2-3H,4H2,1H3,(H,12,13). The zero-order chi connectivity index (χ0) is 11.5. The Labute approximate surface area is 99.7 Å². The van der Waals surface area contributed by atoms with E-state index in [1.54, 1.807) is 0 Å². The van der Waals surface area contributed by atoms with Crippen LogP contribution in [0.15, 0.2) is 21.1 Å². The highest BCUT2D eigenvalue weighted by Crippen LogP contribution is 2.26. The van der Waals surface area contributed by atoms with Crippen LogP contribution in [0.3, 0.4) is 0 Å². The van der Waals surface area contributed by atoms with Crippen LogP contribution >= 0.6 is 23.3 Å². The molecule has 84 valence electrons. The van der Waals surface area contributed by atoms with E-state index in [4.69, 9.17) is 9.52 Å². The van der Waals surface area contributed by atoms with E-state index in [2.05, 4.69) is 9.36 Å². The molecule has 0 atom stereocenters. The SMILES string of the molecule is Cc1nsc(SCc2occc2C(=O)O)n1. The number of nitrogens with zero attached hydrogens (tertiary/aromatic N) is 2. The quantitative estimate of drug-likeness (QED) is 0.847. The van der Waals surface area contributed by atoms with E-state index >= 15 is 0 Å². The molecule has 0 saturated carbocycles. The Hall–Kier alpha value is -1.34. The minimum absolute atomic E-state index is 0.203. The van der Waals surface area contributed by atoms with E-state index in [0.717, 1.165) is 10.2 Å². The molecule has 0 spiro atoms. The molecule has 7 heteroatoms. The average molecular weight is 256 g/mol. The minimum atomic E-state index is -0.974. The van der Waals surface area contributed by atoms with Crippen molar-refractivity contribution in [3.05, 3.63) is 29.5 Å². The van der Waals surface area contributed by atoms with Crippen LogP contribution in [-0.4, -0.2) is 20.4 Å². The van der Waals surface area contributed by atoms with Gasteiger partial charge in [0, 0.05) is 0 Å². The first kappa shape index (κ1) is 11.2. The molecule has 5 nitrogen and oxygen atoms in total. The second-order valence-corrected chi connectivity index (χ2v) is 4.93. The Bertz CT molecular complexity index is 506. The topological polar surface area (TPSA) is 76.2 Å². The van der Waals surface area contributed by atoms with Crippen molar-refractivity contribution >= 4 is 29.3 Å². The molecule has 0 radical (unpaired) electrons. The zero-order valence-corrected chi connectivity index (χ0v) is 9.97. The molecule has 16 heavy (non-hydrogen) atoms. The van der Waals surface area contributed by atoms with E-state index in [1.165, 1.54) is 35.6 Å². The summed E-state index contributed by atoms with van der Waals surface area (Å²) in [5, 5.41) is 8.86. The van der Waals surface area contributed by atoms with Crippen LogP contribution in [0.4, 0.5) is 0 Å². The van der Waals surface area contributed by atoms with Crippen LogP contribution in [0.5, 0.6) is 0 Å². The van der Waals surface area contributed by atoms with Gasteiger partial charge in [0.15, 0.2) is 4.34 Å². The molecule has 0 amide bonds. The summed E-state index contributed by atoms with van der Waals surface area (Å²) in [6, 6.07) is 1.45. The van der Waals surface area contributed by atoms with Gasteiger partial charge in [-0.15, -0.1) is 0 Å². The van der Waals surface area contributed by atoms with E-state index < -0.39 is 5.97 Å². The summed E-state index contributed by atoms with van der Waals surface area (Å²) in [5.41, 5.74) is 0.203. The fourth-order valence-electron chi connectivity index (χ4n) is 1.11. The number of aromatic carboxylic acids is 1. The Morgan fingerprint density at radius 1 is 1.69 bits per heavy atom. The summed E-state index contributed by atoms with van der Waals surface area (Å²) >= 11 is 2.72. The van der Waals surface area contributed by atoms with Crippen molar-refractivity contribution in [2.45, 2.75) is 17.0 Å². The molecular weight excluding hydrogens is 248 g/mol. The molecule has 1 N–H and O–H groups in total. The Balaban J connectivity index is 2.04. The fourth-order valence-corrected chi connectivity index (χ4v) is 2.71. The lowest BCUT2D eigenvalue weighted by molar-refractivity contribution is 0.0695. The lowest BCUT2D eigenvalue weighted by atomic mass is 10.3. The van der Waals surface area contributed by atoms with Gasteiger partial charge in [-0.2, -0.15) is 4.37 Å². The van der Waals surface area contributed by atoms with Gasteiger partial charge >= 0.3 is 5.97 Å². The zero-order valence-electron chi connectivity index (χ0n) is 8.34. The Morgan fingerprint density at radius 2 is 2.50 bits per heavy atom. The van der Waals surface area contributed by atoms with Crippen LogP contribution in [0.1, 0.15) is 21.9 Å². The largest absolute Gasteiger partial charge is 0.478 e. The molecule has 2 heterocycles. The summed E-state index contributed by atoms with van der Waals surface area (Å²) in [6.45, 7) is 1.82. The summed E-state index contributed by atoms with van der Waals surface area (Å²) in [6.07, 6.45) is 1.38. The molecule has 0 fully saturated rings. The number of carboxylic acid groups (broad SMARTS) is 1. The van der Waals surface area contributed by atoms with E-state index in [1.807, 2.05) is 6.92 Å². The predicted molar refractivity (Wildman–Crippen MR) is 59.9 cm³/mol. The number of thioether (sulfide) groups is 1. The smallest absolute Gasteiger partial charge is 0.339 e. The summed E-state index contributed by atoms with van der Waals surface area (Å²) in [7, 11) is 0. The molecule has 2 aromatic rings. The highest BCUT2D eigenvalue weighted by molar-refractivity contribution is 8.00. The minimum Gasteiger partial charge on any atom is -0.478 e. The molecule has 0 aromatic carbocycles. The van der Waals surface area contributed by atoms with Gasteiger partial charge in [-0.3, -0.25) is 0 Å². The molecular formula is C9H8N2O3S2. The van der Waals surface area contributed by atoms with Crippen LogP contribution in [0, 0.1) is 6.92 Å². The number of aromatic nitrogens is 2. The van der Waals surface area contributed by atoms with Crippen molar-refractivity contribution in [1.82, 2.24) is 9.36 Å². The normalized spacial score (nSPS) is 10.6. The molecule has 2 rings (SSSR count). The van der Waals surface area contributed by atoms with Crippen molar-refractivity contribution < 1.29 is 14.3 Å². The molecule has 0 saturated heterocycles. The lowest BCUT2D eigenvalue weighted by Crippen LogP contribution is -1.97. The lowest BCUT2D eigenvalue weighted by Gasteiger charge is -1.95. The maximum absolute atomic E-state index is 10.8. The maximum Gasteiger partial charge on any atom is 0.339 e. The predicted octanol–water partition coefficient (Wildman–Crippen LogP) is 2.43. The summed E-state index contributed by atoms with van der Waals surface area (Å²) < 4.78 is 9.96. The van der Waals surface area contributed by atoms with Gasteiger partial charge in [0.25, 0.3) is 0 Å². The van der Waals surface area contributed by atoms with Gasteiger partial charge in [-0.25, -0.2) is 9.78 Å². The van der Waals surface area contributed by atoms with Crippen LogP contribution < -0.4 is 0 Å². The van der Waals surface area contributed by atoms with Crippen molar-refractivity contribution in [3.63, 3.8) is 0 Å². The molecule has 0 unspecified atom stereocenters. The second-order valence-electron chi connectivity index (χ2n) is 2.96. The highest BCUT2D eigenvalue weighted by atomic mass is 32.2. The second kappa shape index (κ2) is 4.67. The Kier molecular flexibility index (Phi) is 3.25. The van der Waals surface area contributed by atoms with E-state index in [0.29, 0.717) is 11.5 Å². The van der Waals surface area contributed by atoms with E-state index in [9.17, 15) is 4.79 Å². The number of aryl methyl sites for hydroxylation is 1. The first-order valence-electron chi connectivity index (χ1n) is 4.39. The first-order valence-corrected chi connectivity index (χ1v) is 6.15. The van der Waals surface area contributed by atoms with Gasteiger partial charge in [-0.05, 0) is 24.5 Å².